The van der Waals surface area contributed by atoms with E-state index in [9.17, 15) is 17.8 Å². The van der Waals surface area contributed by atoms with Crippen molar-refractivity contribution < 1.29 is 36.7 Å². The number of carbonyl (C=O) groups excluding carboxylic acids is 1. The van der Waals surface area contributed by atoms with Gasteiger partial charge in [0.25, 0.3) is 10.1 Å². The summed E-state index contributed by atoms with van der Waals surface area (Å²) in [6.45, 7) is 9.15. The van der Waals surface area contributed by atoms with Crippen molar-refractivity contribution >= 4 is 34.1 Å². The Kier molecular flexibility index (Phi) is 10.4. The third-order valence-corrected chi connectivity index (χ3v) is 6.28. The summed E-state index contributed by atoms with van der Waals surface area (Å²) >= 11 is 0. The van der Waals surface area contributed by atoms with Gasteiger partial charge in [-0.15, -0.1) is 0 Å². The number of pyridine rings is 2. The zero-order valence-electron chi connectivity index (χ0n) is 23.9. The van der Waals surface area contributed by atoms with Crippen LogP contribution in [0.15, 0.2) is 59.8 Å². The Bertz CT molecular complexity index is 1450. The highest BCUT2D eigenvalue weighted by Gasteiger charge is 2.22. The highest BCUT2D eigenvalue weighted by atomic mass is 32.2. The number of aromatic nitrogens is 2. The average molecular weight is 586 g/mol. The molecule has 0 saturated carbocycles. The first-order valence-electron chi connectivity index (χ1n) is 12.8. The molecular weight excluding hydrogens is 550 g/mol. The van der Waals surface area contributed by atoms with Crippen molar-refractivity contribution in [2.45, 2.75) is 51.4 Å². The Morgan fingerprint density at radius 1 is 1.07 bits per heavy atom. The SMILES string of the molecule is CCOC(COc1ccc(C=Cc2ccc(N(C)C(=O)OC(C)(C)C)cn2)cn1)Oc1cc(C)ccc1S(=O)(=O)O. The number of hydrogen-bond acceptors (Lipinski definition) is 9. The standard InChI is InChI=1S/C29H35N3O8S/c1-7-37-27(39-24-16-20(2)8-14-25(24)41(34,35)36)19-38-26-15-10-21(17-31-26)9-11-22-12-13-23(18-30-22)32(6)28(33)40-29(3,4)5/h8-18,27H,7,19H2,1-6H3,(H,34,35,36). The lowest BCUT2D eigenvalue weighted by atomic mass is 10.2. The molecular formula is C29H35N3O8S. The van der Waals surface area contributed by atoms with Gasteiger partial charge in [0.15, 0.2) is 6.61 Å². The molecule has 0 aliphatic heterocycles. The molecule has 3 aromatic rings. The summed E-state index contributed by atoms with van der Waals surface area (Å²) in [5, 5.41) is 0. The summed E-state index contributed by atoms with van der Waals surface area (Å²) < 4.78 is 55.3. The molecule has 1 atom stereocenters. The molecule has 0 radical (unpaired) electrons. The van der Waals surface area contributed by atoms with Gasteiger partial charge in [-0.25, -0.2) is 9.78 Å². The lowest BCUT2D eigenvalue weighted by Crippen LogP contribution is -2.34. The molecule has 1 N–H and O–H groups in total. The molecule has 41 heavy (non-hydrogen) atoms. The van der Waals surface area contributed by atoms with Crippen molar-refractivity contribution in [1.29, 1.82) is 0 Å². The molecule has 1 amide bonds. The number of benzene rings is 1. The van der Waals surface area contributed by atoms with Crippen molar-refractivity contribution in [3.63, 3.8) is 0 Å². The first-order chi connectivity index (χ1) is 19.2. The number of hydrogen-bond donors (Lipinski definition) is 1. The number of ether oxygens (including phenoxy) is 4. The van der Waals surface area contributed by atoms with Crippen LogP contribution in [-0.4, -0.2) is 61.2 Å². The molecule has 0 spiro atoms. The fourth-order valence-electron chi connectivity index (χ4n) is 3.41. The normalized spacial score (nSPS) is 12.7. The van der Waals surface area contributed by atoms with E-state index in [-0.39, 0.29) is 23.9 Å². The van der Waals surface area contributed by atoms with Crippen molar-refractivity contribution in [1.82, 2.24) is 9.97 Å². The van der Waals surface area contributed by atoms with Crippen LogP contribution in [0.2, 0.25) is 0 Å². The molecule has 220 valence electrons. The predicted molar refractivity (Wildman–Crippen MR) is 155 cm³/mol. The number of nitrogens with zero attached hydrogens (tertiary/aromatic N) is 3. The predicted octanol–water partition coefficient (Wildman–Crippen LogP) is 5.39. The second-order valence-corrected chi connectivity index (χ2v) is 11.4. The molecule has 2 aromatic heterocycles. The monoisotopic (exact) mass is 585 g/mol. The van der Waals surface area contributed by atoms with Gasteiger partial charge in [-0.05, 0) is 82.2 Å². The summed E-state index contributed by atoms with van der Waals surface area (Å²) in [4.78, 5) is 21.9. The van der Waals surface area contributed by atoms with Gasteiger partial charge in [0, 0.05) is 25.9 Å². The second-order valence-electron chi connectivity index (χ2n) is 9.98. The zero-order chi connectivity index (χ0) is 30.2. The largest absolute Gasteiger partial charge is 0.471 e. The van der Waals surface area contributed by atoms with Gasteiger partial charge >= 0.3 is 6.09 Å². The molecule has 12 heteroatoms. The van der Waals surface area contributed by atoms with Crippen LogP contribution in [0.1, 0.15) is 44.5 Å². The highest BCUT2D eigenvalue weighted by molar-refractivity contribution is 7.86. The lowest BCUT2D eigenvalue weighted by molar-refractivity contribution is -0.0991. The first kappa shape index (κ1) is 31.5. The third-order valence-electron chi connectivity index (χ3n) is 5.39. The summed E-state index contributed by atoms with van der Waals surface area (Å²) in [5.74, 6) is 0.267. The Balaban J connectivity index is 1.60. The van der Waals surface area contributed by atoms with E-state index in [1.807, 2.05) is 32.9 Å². The fourth-order valence-corrected chi connectivity index (χ4v) is 4.01. The van der Waals surface area contributed by atoms with Gasteiger partial charge in [-0.3, -0.25) is 14.4 Å². The van der Waals surface area contributed by atoms with E-state index in [0.29, 0.717) is 17.3 Å². The summed E-state index contributed by atoms with van der Waals surface area (Å²) in [7, 11) is -2.87. The van der Waals surface area contributed by atoms with E-state index in [4.69, 9.17) is 18.9 Å². The number of rotatable bonds is 11. The smallest absolute Gasteiger partial charge is 0.414 e. The summed E-state index contributed by atoms with van der Waals surface area (Å²) in [6.07, 6.45) is 5.43. The van der Waals surface area contributed by atoms with Gasteiger partial charge in [-0.1, -0.05) is 12.1 Å². The van der Waals surface area contributed by atoms with Crippen LogP contribution >= 0.6 is 0 Å². The number of carbonyl (C=O) groups is 1. The van der Waals surface area contributed by atoms with E-state index < -0.39 is 28.1 Å². The first-order valence-corrected chi connectivity index (χ1v) is 14.3. The van der Waals surface area contributed by atoms with Gasteiger partial charge in [0.2, 0.25) is 12.2 Å². The number of amides is 1. The maximum atomic E-state index is 12.2. The molecule has 1 unspecified atom stereocenters. The van der Waals surface area contributed by atoms with Gasteiger partial charge in [0.1, 0.15) is 16.2 Å². The third kappa shape index (κ3) is 9.85. The van der Waals surface area contributed by atoms with E-state index in [0.717, 1.165) is 11.1 Å². The maximum Gasteiger partial charge on any atom is 0.414 e. The summed E-state index contributed by atoms with van der Waals surface area (Å²) in [6, 6.07) is 11.4. The van der Waals surface area contributed by atoms with Crippen LogP contribution in [0, 0.1) is 6.92 Å². The van der Waals surface area contributed by atoms with E-state index in [2.05, 4.69) is 9.97 Å². The Morgan fingerprint density at radius 2 is 1.83 bits per heavy atom. The molecule has 0 bridgehead atoms. The van der Waals surface area contributed by atoms with E-state index in [1.54, 1.807) is 63.6 Å². The van der Waals surface area contributed by atoms with Gasteiger partial charge in [0.05, 0.1) is 17.6 Å². The van der Waals surface area contributed by atoms with Crippen LogP contribution in [0.4, 0.5) is 10.5 Å². The molecule has 0 aliphatic rings. The molecule has 2 heterocycles. The topological polar surface area (TPSA) is 137 Å². The van der Waals surface area contributed by atoms with E-state index in [1.165, 1.54) is 17.0 Å². The Hall–Kier alpha value is -4.00. The lowest BCUT2D eigenvalue weighted by Gasteiger charge is -2.24. The van der Waals surface area contributed by atoms with Crippen LogP contribution < -0.4 is 14.4 Å². The summed E-state index contributed by atoms with van der Waals surface area (Å²) in [5.41, 5.74) is 2.23. The Labute approximate surface area is 240 Å². The van der Waals surface area contributed by atoms with Crippen molar-refractivity contribution in [2.75, 3.05) is 25.2 Å². The second kappa shape index (κ2) is 13.6. The number of aryl methyl sites for hydroxylation is 1. The minimum Gasteiger partial charge on any atom is -0.471 e. The van der Waals surface area contributed by atoms with Crippen molar-refractivity contribution in [3.8, 4) is 11.6 Å². The molecule has 1 aromatic carbocycles. The van der Waals surface area contributed by atoms with Crippen LogP contribution in [0.3, 0.4) is 0 Å². The van der Waals surface area contributed by atoms with Gasteiger partial charge in [-0.2, -0.15) is 8.42 Å². The van der Waals surface area contributed by atoms with Crippen LogP contribution in [0.25, 0.3) is 12.2 Å². The number of anilines is 1. The van der Waals surface area contributed by atoms with Gasteiger partial charge < -0.3 is 18.9 Å². The highest BCUT2D eigenvalue weighted by Crippen LogP contribution is 2.26. The molecule has 11 nitrogen and oxygen atoms in total. The molecule has 0 fully saturated rings. The average Bonchev–Trinajstić information content (AvgIpc) is 2.89. The van der Waals surface area contributed by atoms with Crippen LogP contribution in [-0.2, 0) is 19.6 Å². The maximum absolute atomic E-state index is 12.2. The quantitative estimate of drug-likeness (QED) is 0.230. The minimum atomic E-state index is -4.49. The zero-order valence-corrected chi connectivity index (χ0v) is 24.7. The Morgan fingerprint density at radius 3 is 2.41 bits per heavy atom. The molecule has 0 aliphatic carbocycles. The van der Waals surface area contributed by atoms with E-state index >= 15 is 0 Å². The van der Waals surface area contributed by atoms with Crippen molar-refractivity contribution in [3.05, 3.63) is 71.7 Å². The van der Waals surface area contributed by atoms with Crippen molar-refractivity contribution in [2.24, 2.45) is 0 Å². The van der Waals surface area contributed by atoms with Crippen LogP contribution in [0.5, 0.6) is 11.6 Å². The molecule has 3 rings (SSSR count). The molecule has 0 saturated heterocycles. The fraction of sp³-hybridized carbons (Fsp3) is 0.345. The minimum absolute atomic E-state index is 0.0406.